The van der Waals surface area contributed by atoms with Gasteiger partial charge in [0.25, 0.3) is 0 Å². The molecular formula is C22H20F3N7O. The lowest BCUT2D eigenvalue weighted by atomic mass is 10.1. The van der Waals surface area contributed by atoms with E-state index in [2.05, 4.69) is 25.3 Å². The molecule has 2 amide bonds. The number of nitrogens with one attached hydrogen (secondary N) is 1. The normalized spacial score (nSPS) is 17.4. The highest BCUT2D eigenvalue weighted by molar-refractivity contribution is 5.93. The first-order chi connectivity index (χ1) is 15.7. The van der Waals surface area contributed by atoms with Crippen molar-refractivity contribution < 1.29 is 18.0 Å². The Morgan fingerprint density at radius 2 is 1.79 bits per heavy atom. The SMILES string of the molecule is CN1CCN(c2ccnc(NC3(c4ccc(-c5ccnc(C(F)(F)F)c5)cn4)CC3)n2)C1=O. The topological polar surface area (TPSA) is 87.1 Å². The van der Waals surface area contributed by atoms with Gasteiger partial charge in [0.2, 0.25) is 5.95 Å². The Morgan fingerprint density at radius 3 is 2.42 bits per heavy atom. The van der Waals surface area contributed by atoms with Crippen molar-refractivity contribution in [2.24, 2.45) is 0 Å². The number of hydrogen-bond donors (Lipinski definition) is 1. The lowest BCUT2D eigenvalue weighted by Crippen LogP contribution is -2.30. The fourth-order valence-electron chi connectivity index (χ4n) is 3.82. The Kier molecular flexibility index (Phi) is 4.91. The van der Waals surface area contributed by atoms with Gasteiger partial charge in [0, 0.05) is 44.3 Å². The smallest absolute Gasteiger partial charge is 0.343 e. The van der Waals surface area contributed by atoms with E-state index in [1.54, 1.807) is 47.4 Å². The van der Waals surface area contributed by atoms with E-state index in [1.165, 1.54) is 6.07 Å². The van der Waals surface area contributed by atoms with E-state index in [9.17, 15) is 18.0 Å². The lowest BCUT2D eigenvalue weighted by molar-refractivity contribution is -0.141. The van der Waals surface area contributed by atoms with Crippen molar-refractivity contribution in [3.8, 4) is 11.1 Å². The quantitative estimate of drug-likeness (QED) is 0.628. The highest BCUT2D eigenvalue weighted by Gasteiger charge is 2.46. The van der Waals surface area contributed by atoms with Gasteiger partial charge < -0.3 is 10.2 Å². The first kappa shape index (κ1) is 21.1. The van der Waals surface area contributed by atoms with Crippen LogP contribution in [0.2, 0.25) is 0 Å². The minimum atomic E-state index is -4.50. The van der Waals surface area contributed by atoms with E-state index in [1.807, 2.05) is 0 Å². The Balaban J connectivity index is 1.35. The second kappa shape index (κ2) is 7.68. The highest BCUT2D eigenvalue weighted by atomic mass is 19.4. The maximum absolute atomic E-state index is 13.0. The van der Waals surface area contributed by atoms with E-state index in [4.69, 9.17) is 0 Å². The maximum Gasteiger partial charge on any atom is 0.433 e. The number of hydrogen-bond acceptors (Lipinski definition) is 6. The third-order valence-corrected chi connectivity index (χ3v) is 5.87. The van der Waals surface area contributed by atoms with E-state index < -0.39 is 17.4 Å². The third kappa shape index (κ3) is 4.06. The van der Waals surface area contributed by atoms with Crippen LogP contribution in [0.3, 0.4) is 0 Å². The van der Waals surface area contributed by atoms with Crippen molar-refractivity contribution in [3.05, 3.63) is 60.3 Å². The number of amides is 2. The van der Waals surface area contributed by atoms with Crippen molar-refractivity contribution in [2.75, 3.05) is 30.4 Å². The predicted molar refractivity (Wildman–Crippen MR) is 114 cm³/mol. The zero-order valence-electron chi connectivity index (χ0n) is 17.7. The van der Waals surface area contributed by atoms with E-state index in [-0.39, 0.29) is 6.03 Å². The average Bonchev–Trinajstić information content (AvgIpc) is 3.51. The van der Waals surface area contributed by atoms with Crippen LogP contribution in [0.5, 0.6) is 0 Å². The zero-order chi connectivity index (χ0) is 23.2. The molecule has 1 aliphatic heterocycles. The number of alkyl halides is 3. The van der Waals surface area contributed by atoms with Crippen molar-refractivity contribution in [1.82, 2.24) is 24.8 Å². The van der Waals surface area contributed by atoms with Gasteiger partial charge >= 0.3 is 12.2 Å². The number of halogens is 3. The summed E-state index contributed by atoms with van der Waals surface area (Å²) in [5.41, 5.74) is 0.326. The molecule has 0 aromatic carbocycles. The number of likely N-dealkylation sites (N-methyl/N-ethyl adjacent to an activating group) is 1. The second-order valence-corrected chi connectivity index (χ2v) is 8.16. The molecule has 8 nitrogen and oxygen atoms in total. The predicted octanol–water partition coefficient (Wildman–Crippen LogP) is 3.93. The summed E-state index contributed by atoms with van der Waals surface area (Å²) in [6.45, 7) is 1.19. The molecule has 5 rings (SSSR count). The molecule has 0 radical (unpaired) electrons. The Hall–Kier alpha value is -3.76. The van der Waals surface area contributed by atoms with Gasteiger partial charge in [-0.1, -0.05) is 6.07 Å². The molecule has 0 unspecified atom stereocenters. The summed E-state index contributed by atoms with van der Waals surface area (Å²) in [6, 6.07) is 7.66. The first-order valence-corrected chi connectivity index (χ1v) is 10.4. The molecule has 1 aliphatic carbocycles. The summed E-state index contributed by atoms with van der Waals surface area (Å²) in [5.74, 6) is 0.918. The zero-order valence-corrected chi connectivity index (χ0v) is 17.7. The number of carbonyl (C=O) groups is 1. The fourth-order valence-corrected chi connectivity index (χ4v) is 3.82. The fraction of sp³-hybridized carbons (Fsp3) is 0.318. The van der Waals surface area contributed by atoms with E-state index in [0.29, 0.717) is 36.0 Å². The van der Waals surface area contributed by atoms with Crippen LogP contribution >= 0.6 is 0 Å². The van der Waals surface area contributed by atoms with Crippen molar-refractivity contribution in [3.63, 3.8) is 0 Å². The third-order valence-electron chi connectivity index (χ3n) is 5.87. The number of rotatable bonds is 5. The molecule has 4 heterocycles. The summed E-state index contributed by atoms with van der Waals surface area (Å²) in [6.07, 6.45) is 1.42. The van der Waals surface area contributed by atoms with Crippen LogP contribution in [0.15, 0.2) is 48.9 Å². The van der Waals surface area contributed by atoms with E-state index in [0.717, 1.165) is 30.8 Å². The lowest BCUT2D eigenvalue weighted by Gasteiger charge is -2.19. The Labute approximate surface area is 187 Å². The molecule has 2 aliphatic rings. The van der Waals surface area contributed by atoms with Crippen LogP contribution < -0.4 is 10.2 Å². The Morgan fingerprint density at radius 1 is 1.00 bits per heavy atom. The summed E-state index contributed by atoms with van der Waals surface area (Å²) >= 11 is 0. The molecule has 3 aromatic heterocycles. The van der Waals surface area contributed by atoms with Crippen LogP contribution in [0.1, 0.15) is 24.2 Å². The van der Waals surface area contributed by atoms with Crippen LogP contribution in [-0.4, -0.2) is 51.0 Å². The summed E-state index contributed by atoms with van der Waals surface area (Å²) < 4.78 is 38.9. The van der Waals surface area contributed by atoms with Gasteiger partial charge in [-0.15, -0.1) is 0 Å². The van der Waals surface area contributed by atoms with Crippen LogP contribution in [0.4, 0.5) is 29.7 Å². The van der Waals surface area contributed by atoms with Crippen LogP contribution in [0.25, 0.3) is 11.1 Å². The highest BCUT2D eigenvalue weighted by Crippen LogP contribution is 2.47. The number of aromatic nitrogens is 4. The largest absolute Gasteiger partial charge is 0.433 e. The monoisotopic (exact) mass is 455 g/mol. The molecule has 11 heteroatoms. The molecule has 3 aromatic rings. The number of urea groups is 1. The molecule has 170 valence electrons. The van der Waals surface area contributed by atoms with Gasteiger partial charge in [-0.2, -0.15) is 18.2 Å². The molecule has 1 saturated heterocycles. The van der Waals surface area contributed by atoms with Crippen molar-refractivity contribution >= 4 is 17.8 Å². The van der Waals surface area contributed by atoms with Crippen LogP contribution in [-0.2, 0) is 11.7 Å². The van der Waals surface area contributed by atoms with Crippen LogP contribution in [0, 0.1) is 0 Å². The number of nitrogens with zero attached hydrogens (tertiary/aromatic N) is 6. The molecular weight excluding hydrogens is 435 g/mol. The summed E-state index contributed by atoms with van der Waals surface area (Å²) in [4.78, 5) is 32.2. The molecule has 1 N–H and O–H groups in total. The summed E-state index contributed by atoms with van der Waals surface area (Å²) in [7, 11) is 1.74. The van der Waals surface area contributed by atoms with Crippen molar-refractivity contribution in [1.29, 1.82) is 0 Å². The Bertz CT molecular complexity index is 1200. The minimum Gasteiger partial charge on any atom is -0.343 e. The van der Waals surface area contributed by atoms with Gasteiger partial charge in [0.15, 0.2) is 0 Å². The first-order valence-electron chi connectivity index (χ1n) is 10.4. The molecule has 0 atom stereocenters. The molecule has 1 saturated carbocycles. The van der Waals surface area contributed by atoms with E-state index >= 15 is 0 Å². The maximum atomic E-state index is 13.0. The number of pyridine rings is 2. The van der Waals surface area contributed by atoms with Gasteiger partial charge in [-0.3, -0.25) is 14.9 Å². The van der Waals surface area contributed by atoms with Gasteiger partial charge in [0.1, 0.15) is 11.5 Å². The molecule has 0 bridgehead atoms. The average molecular weight is 455 g/mol. The molecule has 2 fully saturated rings. The minimum absolute atomic E-state index is 0.108. The number of carbonyl (C=O) groups excluding carboxylic acids is 1. The number of anilines is 2. The van der Waals surface area contributed by atoms with Gasteiger partial charge in [-0.05, 0) is 42.7 Å². The molecule has 0 spiro atoms. The standard InChI is InChI=1S/C22H20F3N7O/c1-31-10-11-32(20(31)33)18-5-9-27-19(29-18)30-21(6-7-21)16-3-2-15(13-28-16)14-4-8-26-17(12-14)22(23,24)25/h2-5,8-9,12-13H,6-7,10-11H2,1H3,(H,27,29,30). The second-order valence-electron chi connectivity index (χ2n) is 8.16. The van der Waals surface area contributed by atoms with Gasteiger partial charge in [0.05, 0.1) is 11.2 Å². The van der Waals surface area contributed by atoms with Crippen molar-refractivity contribution in [2.45, 2.75) is 24.6 Å². The summed E-state index contributed by atoms with van der Waals surface area (Å²) in [5, 5.41) is 3.33. The van der Waals surface area contributed by atoms with Gasteiger partial charge in [-0.25, -0.2) is 9.78 Å². The molecule has 33 heavy (non-hydrogen) atoms.